The van der Waals surface area contributed by atoms with Gasteiger partial charge >= 0.3 is 5.97 Å². The molecule has 0 saturated carbocycles. The summed E-state index contributed by atoms with van der Waals surface area (Å²) in [6.45, 7) is 3.26. The van der Waals surface area contributed by atoms with Crippen LogP contribution in [0, 0.1) is 13.8 Å². The zero-order valence-electron chi connectivity index (χ0n) is 12.7. The first-order valence-corrected chi connectivity index (χ1v) is 7.68. The molecule has 0 bridgehead atoms. The minimum Gasteiger partial charge on any atom is -0.452 e. The van der Waals surface area contributed by atoms with Crippen molar-refractivity contribution in [3.05, 3.63) is 51.9 Å². The fraction of sp³-hybridized carbons (Fsp3) is 0.188. The number of amides is 2. The van der Waals surface area contributed by atoms with Gasteiger partial charge < -0.3 is 15.8 Å². The lowest BCUT2D eigenvalue weighted by atomic mass is 10.0. The highest BCUT2D eigenvalue weighted by Gasteiger charge is 2.16. The van der Waals surface area contributed by atoms with Crippen molar-refractivity contribution in [3.63, 3.8) is 0 Å². The van der Waals surface area contributed by atoms with Crippen LogP contribution < -0.4 is 11.1 Å². The molecule has 3 N–H and O–H groups in total. The van der Waals surface area contributed by atoms with Gasteiger partial charge in [-0.2, -0.15) is 0 Å². The van der Waals surface area contributed by atoms with Crippen LogP contribution in [-0.2, 0) is 9.53 Å². The molecular weight excluding hydrogens is 316 g/mol. The highest BCUT2D eigenvalue weighted by Crippen LogP contribution is 2.22. The first-order valence-electron chi connectivity index (χ1n) is 6.80. The number of nitrogens with two attached hydrogens (primary N) is 1. The van der Waals surface area contributed by atoms with E-state index in [2.05, 4.69) is 5.32 Å². The zero-order chi connectivity index (χ0) is 17.0. The second-order valence-electron chi connectivity index (χ2n) is 4.90. The van der Waals surface area contributed by atoms with Crippen molar-refractivity contribution in [3.8, 4) is 0 Å². The Morgan fingerprint density at radius 3 is 2.61 bits per heavy atom. The number of hydrogen-bond acceptors (Lipinski definition) is 5. The van der Waals surface area contributed by atoms with Crippen LogP contribution in [0.5, 0.6) is 0 Å². The number of nitrogens with one attached hydrogen (secondary N) is 1. The van der Waals surface area contributed by atoms with E-state index in [4.69, 9.17) is 10.5 Å². The Balaban J connectivity index is 1.96. The van der Waals surface area contributed by atoms with Crippen LogP contribution >= 0.6 is 11.3 Å². The monoisotopic (exact) mass is 332 g/mol. The van der Waals surface area contributed by atoms with E-state index >= 15 is 0 Å². The van der Waals surface area contributed by atoms with Gasteiger partial charge in [-0.3, -0.25) is 9.59 Å². The maximum Gasteiger partial charge on any atom is 0.338 e. The van der Waals surface area contributed by atoms with Gasteiger partial charge in [0, 0.05) is 0 Å². The quantitative estimate of drug-likeness (QED) is 0.820. The molecule has 2 amide bonds. The largest absolute Gasteiger partial charge is 0.452 e. The molecule has 0 aliphatic rings. The van der Waals surface area contributed by atoms with Gasteiger partial charge in [0.1, 0.15) is 5.00 Å². The van der Waals surface area contributed by atoms with Crippen molar-refractivity contribution in [2.24, 2.45) is 5.73 Å². The van der Waals surface area contributed by atoms with E-state index in [9.17, 15) is 14.4 Å². The Morgan fingerprint density at radius 1 is 1.17 bits per heavy atom. The predicted molar refractivity (Wildman–Crippen MR) is 87.7 cm³/mol. The number of primary amides is 1. The van der Waals surface area contributed by atoms with E-state index in [-0.39, 0.29) is 5.56 Å². The van der Waals surface area contributed by atoms with Crippen LogP contribution in [0.1, 0.15) is 31.8 Å². The Labute approximate surface area is 137 Å². The number of thiophene rings is 1. The zero-order valence-corrected chi connectivity index (χ0v) is 13.5. The molecule has 1 heterocycles. The normalized spacial score (nSPS) is 10.2. The predicted octanol–water partition coefficient (Wildman–Crippen LogP) is 2.26. The van der Waals surface area contributed by atoms with E-state index in [0.29, 0.717) is 10.6 Å². The third kappa shape index (κ3) is 3.95. The van der Waals surface area contributed by atoms with Gasteiger partial charge in [0.2, 0.25) is 0 Å². The van der Waals surface area contributed by atoms with Gasteiger partial charge in [-0.1, -0.05) is 12.1 Å². The molecule has 0 unspecified atom stereocenters. The SMILES string of the molecule is Cc1cccc(C(=O)OCC(=O)Nc2sccc2C(N)=O)c1C. The third-order valence-corrected chi connectivity index (χ3v) is 4.17. The standard InChI is InChI=1S/C16H16N2O4S/c1-9-4-3-5-11(10(9)2)16(21)22-8-13(19)18-15-12(14(17)20)6-7-23-15/h3-7H,8H2,1-2H3,(H2,17,20)(H,18,19). The number of ether oxygens (including phenoxy) is 1. The number of aryl methyl sites for hydroxylation is 1. The highest BCUT2D eigenvalue weighted by molar-refractivity contribution is 7.14. The lowest BCUT2D eigenvalue weighted by Gasteiger charge is -2.09. The highest BCUT2D eigenvalue weighted by atomic mass is 32.1. The second kappa shape index (κ2) is 7.06. The summed E-state index contributed by atoms with van der Waals surface area (Å²) in [4.78, 5) is 35.0. The van der Waals surface area contributed by atoms with Gasteiger partial charge in [-0.05, 0) is 42.5 Å². The van der Waals surface area contributed by atoms with Crippen LogP contribution in [-0.4, -0.2) is 24.4 Å². The summed E-state index contributed by atoms with van der Waals surface area (Å²) in [6.07, 6.45) is 0. The molecule has 0 radical (unpaired) electrons. The van der Waals surface area contributed by atoms with Crippen LogP contribution in [0.15, 0.2) is 29.6 Å². The van der Waals surface area contributed by atoms with Gasteiger partial charge in [-0.25, -0.2) is 4.79 Å². The fourth-order valence-electron chi connectivity index (χ4n) is 1.94. The molecular formula is C16H16N2O4S. The molecule has 120 valence electrons. The van der Waals surface area contributed by atoms with E-state index in [1.165, 1.54) is 17.4 Å². The fourth-order valence-corrected chi connectivity index (χ4v) is 2.75. The smallest absolute Gasteiger partial charge is 0.338 e. The molecule has 0 aliphatic heterocycles. The molecule has 0 fully saturated rings. The Hall–Kier alpha value is -2.67. The van der Waals surface area contributed by atoms with Crippen LogP contribution in [0.2, 0.25) is 0 Å². The number of carbonyl (C=O) groups is 3. The number of esters is 1. The summed E-state index contributed by atoms with van der Waals surface area (Å²) in [5, 5.41) is 4.48. The second-order valence-corrected chi connectivity index (χ2v) is 5.82. The van der Waals surface area contributed by atoms with Crippen LogP contribution in [0.25, 0.3) is 0 Å². The van der Waals surface area contributed by atoms with Gasteiger partial charge in [0.05, 0.1) is 11.1 Å². The Kier molecular flexibility index (Phi) is 5.13. The lowest BCUT2D eigenvalue weighted by molar-refractivity contribution is -0.119. The van der Waals surface area contributed by atoms with Crippen molar-refractivity contribution in [2.75, 3.05) is 11.9 Å². The molecule has 6 nitrogen and oxygen atoms in total. The number of benzene rings is 1. The summed E-state index contributed by atoms with van der Waals surface area (Å²) in [6, 6.07) is 6.81. The molecule has 1 aromatic carbocycles. The molecule has 0 spiro atoms. The summed E-state index contributed by atoms with van der Waals surface area (Å²) < 4.78 is 5.01. The summed E-state index contributed by atoms with van der Waals surface area (Å²) in [5.41, 5.74) is 7.62. The van der Waals surface area contributed by atoms with Crippen molar-refractivity contribution in [1.29, 1.82) is 0 Å². The first kappa shape index (κ1) is 16.7. The topological polar surface area (TPSA) is 98.5 Å². The maximum atomic E-state index is 12.0. The van der Waals surface area contributed by atoms with Crippen molar-refractivity contribution in [1.82, 2.24) is 0 Å². The average molecular weight is 332 g/mol. The third-order valence-electron chi connectivity index (χ3n) is 3.34. The molecule has 1 aromatic heterocycles. The molecule has 2 aromatic rings. The minimum atomic E-state index is -0.631. The Bertz CT molecular complexity index is 767. The van der Waals surface area contributed by atoms with E-state index < -0.39 is 24.4 Å². The molecule has 23 heavy (non-hydrogen) atoms. The minimum absolute atomic E-state index is 0.226. The maximum absolute atomic E-state index is 12.0. The van der Waals surface area contributed by atoms with Gasteiger partial charge in [-0.15, -0.1) is 11.3 Å². The summed E-state index contributed by atoms with van der Waals surface area (Å²) in [7, 11) is 0. The van der Waals surface area contributed by atoms with Crippen molar-refractivity contribution < 1.29 is 19.1 Å². The molecule has 2 rings (SSSR count). The van der Waals surface area contributed by atoms with Crippen molar-refractivity contribution >= 4 is 34.1 Å². The molecule has 0 aliphatic carbocycles. The first-order chi connectivity index (χ1) is 10.9. The van der Waals surface area contributed by atoms with E-state index in [1.807, 2.05) is 19.9 Å². The van der Waals surface area contributed by atoms with Crippen molar-refractivity contribution in [2.45, 2.75) is 13.8 Å². The number of rotatable bonds is 5. The number of anilines is 1. The van der Waals surface area contributed by atoms with Crippen LogP contribution in [0.3, 0.4) is 0 Å². The van der Waals surface area contributed by atoms with Gasteiger partial charge in [0.15, 0.2) is 6.61 Å². The molecule has 0 saturated heterocycles. The summed E-state index contributed by atoms with van der Waals surface area (Å²) in [5.74, 6) is -1.73. The number of carbonyl (C=O) groups excluding carboxylic acids is 3. The average Bonchev–Trinajstić information content (AvgIpc) is 2.96. The molecule has 7 heteroatoms. The number of hydrogen-bond donors (Lipinski definition) is 2. The van der Waals surface area contributed by atoms with Gasteiger partial charge in [0.25, 0.3) is 11.8 Å². The van der Waals surface area contributed by atoms with Crippen LogP contribution in [0.4, 0.5) is 5.00 Å². The summed E-state index contributed by atoms with van der Waals surface area (Å²) >= 11 is 1.17. The molecule has 0 atom stereocenters. The lowest BCUT2D eigenvalue weighted by Crippen LogP contribution is -2.22. The van der Waals surface area contributed by atoms with E-state index in [1.54, 1.807) is 17.5 Å². The Morgan fingerprint density at radius 2 is 1.91 bits per heavy atom. The van der Waals surface area contributed by atoms with E-state index in [0.717, 1.165) is 11.1 Å².